The van der Waals surface area contributed by atoms with Crippen molar-refractivity contribution in [3.8, 4) is 11.3 Å². The zero-order valence-electron chi connectivity index (χ0n) is 19.6. The third kappa shape index (κ3) is 3.19. The van der Waals surface area contributed by atoms with Gasteiger partial charge < -0.3 is 4.42 Å². The zero-order chi connectivity index (χ0) is 22.7. The number of fused-ring (bicyclic) bond motifs is 4. The fraction of sp³-hybridized carbons (Fsp3) is 0.276. The molecule has 0 aliphatic rings. The Morgan fingerprint density at radius 3 is 2.41 bits per heavy atom. The Kier molecular flexibility index (Phi) is 4.81. The van der Waals surface area contributed by atoms with Crippen molar-refractivity contribution in [2.24, 2.45) is 13.0 Å². The lowest BCUT2D eigenvalue weighted by Crippen LogP contribution is -2.31. The van der Waals surface area contributed by atoms with Crippen LogP contribution in [0.25, 0.3) is 44.0 Å². The number of aryl methyl sites for hydroxylation is 3. The second kappa shape index (κ2) is 7.44. The first-order valence-electron chi connectivity index (χ1n) is 11.3. The number of aromatic nitrogens is 1. The van der Waals surface area contributed by atoms with Crippen molar-refractivity contribution in [3.63, 3.8) is 0 Å². The normalized spacial score (nSPS) is 12.0. The Bertz CT molecular complexity index is 1520. The summed E-state index contributed by atoms with van der Waals surface area (Å²) in [7, 11) is 2.08. The summed E-state index contributed by atoms with van der Waals surface area (Å²) in [5.41, 5.74) is 7.99. The SMILES string of the molecule is Cc1cc2c(cc1F)oc1c(-c3c4ccc(CC(C)C)cc4cc[n+]3C)c(C)c(C)cc12. The number of hydrogen-bond donors (Lipinski definition) is 0. The zero-order valence-corrected chi connectivity index (χ0v) is 19.6. The van der Waals surface area contributed by atoms with E-state index in [1.165, 1.54) is 33.5 Å². The first kappa shape index (κ1) is 20.7. The molecule has 0 unspecified atom stereocenters. The largest absolute Gasteiger partial charge is 0.455 e. The summed E-state index contributed by atoms with van der Waals surface area (Å²) in [5.74, 6) is 0.379. The van der Waals surface area contributed by atoms with Gasteiger partial charge in [0.1, 0.15) is 24.0 Å². The predicted octanol–water partition coefficient (Wildman–Crippen LogP) is 7.49. The lowest BCUT2D eigenvalue weighted by Gasteiger charge is -2.12. The molecule has 0 saturated carbocycles. The van der Waals surface area contributed by atoms with Gasteiger partial charge in [-0.2, -0.15) is 0 Å². The molecule has 2 nitrogen and oxygen atoms in total. The van der Waals surface area contributed by atoms with Gasteiger partial charge in [0.15, 0.2) is 6.20 Å². The van der Waals surface area contributed by atoms with Crippen LogP contribution in [0, 0.1) is 32.5 Å². The number of nitrogens with zero attached hydrogens (tertiary/aromatic N) is 1. The molecule has 2 heterocycles. The number of furan rings is 1. The minimum Gasteiger partial charge on any atom is -0.455 e. The van der Waals surface area contributed by atoms with E-state index in [1.807, 2.05) is 6.07 Å². The predicted molar refractivity (Wildman–Crippen MR) is 131 cm³/mol. The van der Waals surface area contributed by atoms with E-state index in [9.17, 15) is 4.39 Å². The summed E-state index contributed by atoms with van der Waals surface area (Å²) in [4.78, 5) is 0. The van der Waals surface area contributed by atoms with Crippen LogP contribution in [-0.4, -0.2) is 0 Å². The first-order chi connectivity index (χ1) is 15.2. The highest BCUT2D eigenvalue weighted by Crippen LogP contribution is 2.41. The standard InChI is InChI=1S/C29H29FNO/c1-16(2)11-20-7-8-22-21(14-20)9-10-31(6)28(22)27-19(5)17(3)12-24-23-13-18(4)25(30)15-26(23)32-29(24)27/h7-10,12-16H,11H2,1-6H3/q+1. The van der Waals surface area contributed by atoms with E-state index in [0.29, 0.717) is 17.1 Å². The van der Waals surface area contributed by atoms with Crippen LogP contribution in [0.5, 0.6) is 0 Å². The van der Waals surface area contributed by atoms with Crippen LogP contribution in [-0.2, 0) is 13.5 Å². The van der Waals surface area contributed by atoms with Crippen LogP contribution in [0.2, 0.25) is 0 Å². The maximum absolute atomic E-state index is 14.3. The molecule has 0 N–H and O–H groups in total. The Balaban J connectivity index is 1.88. The summed E-state index contributed by atoms with van der Waals surface area (Å²) in [6, 6.07) is 14.6. The monoisotopic (exact) mass is 426 g/mol. The Labute approximate surface area is 188 Å². The van der Waals surface area contributed by atoms with Gasteiger partial charge in [0.05, 0.1) is 10.9 Å². The van der Waals surface area contributed by atoms with Gasteiger partial charge in [-0.15, -0.1) is 0 Å². The lowest BCUT2D eigenvalue weighted by atomic mass is 9.92. The van der Waals surface area contributed by atoms with Crippen LogP contribution < -0.4 is 4.57 Å². The highest BCUT2D eigenvalue weighted by molar-refractivity contribution is 6.12. The molecule has 3 aromatic carbocycles. The first-order valence-corrected chi connectivity index (χ1v) is 11.3. The summed E-state index contributed by atoms with van der Waals surface area (Å²) in [5, 5.41) is 4.42. The van der Waals surface area contributed by atoms with Gasteiger partial charge in [-0.1, -0.05) is 26.0 Å². The van der Waals surface area contributed by atoms with Crippen molar-refractivity contribution in [3.05, 3.63) is 76.7 Å². The smallest absolute Gasteiger partial charge is 0.224 e. The van der Waals surface area contributed by atoms with E-state index >= 15 is 0 Å². The van der Waals surface area contributed by atoms with Crippen LogP contribution in [0.1, 0.15) is 36.1 Å². The van der Waals surface area contributed by atoms with Crippen LogP contribution >= 0.6 is 0 Å². The molecule has 0 atom stereocenters. The molecule has 0 aliphatic heterocycles. The van der Waals surface area contributed by atoms with E-state index in [0.717, 1.165) is 34.0 Å². The highest BCUT2D eigenvalue weighted by atomic mass is 19.1. The topological polar surface area (TPSA) is 17.0 Å². The maximum Gasteiger partial charge on any atom is 0.224 e. The fourth-order valence-corrected chi connectivity index (χ4v) is 4.88. The van der Waals surface area contributed by atoms with Gasteiger partial charge in [-0.3, -0.25) is 0 Å². The number of hydrogen-bond acceptors (Lipinski definition) is 1. The Hall–Kier alpha value is -3.20. The van der Waals surface area contributed by atoms with Gasteiger partial charge in [-0.05, 0) is 78.9 Å². The van der Waals surface area contributed by atoms with Gasteiger partial charge >= 0.3 is 0 Å². The second-order valence-corrected chi connectivity index (χ2v) is 9.56. The molecular weight excluding hydrogens is 397 g/mol. The van der Waals surface area contributed by atoms with Crippen molar-refractivity contribution in [1.29, 1.82) is 0 Å². The van der Waals surface area contributed by atoms with Crippen molar-refractivity contribution in [1.82, 2.24) is 0 Å². The molecule has 2 aromatic heterocycles. The number of halogens is 1. The van der Waals surface area contributed by atoms with Crippen molar-refractivity contribution in [2.45, 2.75) is 41.0 Å². The van der Waals surface area contributed by atoms with E-state index in [2.05, 4.69) is 75.8 Å². The molecule has 5 aromatic rings. The van der Waals surface area contributed by atoms with Gasteiger partial charge in [0, 0.05) is 22.9 Å². The summed E-state index contributed by atoms with van der Waals surface area (Å²) in [6.45, 7) is 10.6. The van der Waals surface area contributed by atoms with E-state index in [4.69, 9.17) is 4.42 Å². The molecule has 0 amide bonds. The summed E-state index contributed by atoms with van der Waals surface area (Å²) in [6.07, 6.45) is 3.19. The molecule has 0 aliphatic carbocycles. The van der Waals surface area contributed by atoms with Gasteiger partial charge in [0.2, 0.25) is 5.69 Å². The van der Waals surface area contributed by atoms with Crippen LogP contribution in [0.15, 0.2) is 53.1 Å². The molecule has 0 bridgehead atoms. The molecule has 3 heteroatoms. The third-order valence-electron chi connectivity index (χ3n) is 6.64. The van der Waals surface area contributed by atoms with E-state index in [-0.39, 0.29) is 5.82 Å². The quantitative estimate of drug-likeness (QED) is 0.273. The molecule has 162 valence electrons. The molecule has 0 radical (unpaired) electrons. The minimum atomic E-state index is -0.236. The molecule has 0 saturated heterocycles. The molecule has 5 rings (SSSR count). The number of pyridine rings is 1. The van der Waals surface area contributed by atoms with Crippen LogP contribution in [0.3, 0.4) is 0 Å². The summed E-state index contributed by atoms with van der Waals surface area (Å²) < 4.78 is 22.8. The summed E-state index contributed by atoms with van der Waals surface area (Å²) >= 11 is 0. The molecule has 32 heavy (non-hydrogen) atoms. The van der Waals surface area contributed by atoms with E-state index < -0.39 is 0 Å². The maximum atomic E-state index is 14.3. The molecule has 0 fully saturated rings. The average molecular weight is 427 g/mol. The van der Waals surface area contributed by atoms with E-state index in [1.54, 1.807) is 6.92 Å². The number of benzene rings is 3. The minimum absolute atomic E-state index is 0.236. The highest BCUT2D eigenvalue weighted by Gasteiger charge is 2.25. The van der Waals surface area contributed by atoms with Gasteiger partial charge in [0.25, 0.3) is 0 Å². The van der Waals surface area contributed by atoms with Crippen molar-refractivity contribution < 1.29 is 13.4 Å². The number of rotatable bonds is 3. The van der Waals surface area contributed by atoms with Gasteiger partial charge in [-0.25, -0.2) is 8.96 Å². The van der Waals surface area contributed by atoms with Crippen molar-refractivity contribution >= 4 is 32.7 Å². The molecular formula is C29H29FNO+. The second-order valence-electron chi connectivity index (χ2n) is 9.56. The molecule has 0 spiro atoms. The Morgan fingerprint density at radius 2 is 1.66 bits per heavy atom. The third-order valence-corrected chi connectivity index (χ3v) is 6.64. The van der Waals surface area contributed by atoms with Crippen molar-refractivity contribution in [2.75, 3.05) is 0 Å². The average Bonchev–Trinajstić information content (AvgIpc) is 3.06. The lowest BCUT2D eigenvalue weighted by molar-refractivity contribution is -0.659. The fourth-order valence-electron chi connectivity index (χ4n) is 4.88. The Morgan fingerprint density at radius 1 is 0.906 bits per heavy atom. The van der Waals surface area contributed by atoms with Crippen LogP contribution in [0.4, 0.5) is 4.39 Å².